The van der Waals surface area contributed by atoms with Crippen LogP contribution < -0.4 is 0 Å². The fraction of sp³-hybridized carbons (Fsp3) is 0.947. The summed E-state index contributed by atoms with van der Waals surface area (Å²) in [6.07, 6.45) is 11.0. The van der Waals surface area contributed by atoms with E-state index in [2.05, 4.69) is 34.2 Å². The van der Waals surface area contributed by atoms with Crippen LogP contribution in [0.1, 0.15) is 85.5 Å². The summed E-state index contributed by atoms with van der Waals surface area (Å²) in [5.41, 5.74) is 0. The van der Waals surface area contributed by atoms with Crippen LogP contribution in [0.2, 0.25) is 18.6 Å². The van der Waals surface area contributed by atoms with Gasteiger partial charge in [-0.2, -0.15) is 0 Å². The Morgan fingerprint density at radius 3 is 2.26 bits per heavy atom. The Balaban J connectivity index is 2.37. The highest BCUT2D eigenvalue weighted by Crippen LogP contribution is 2.36. The van der Waals surface area contributed by atoms with Gasteiger partial charge in [-0.1, -0.05) is 84.4 Å². The lowest BCUT2D eigenvalue weighted by atomic mass is 10.1. The van der Waals surface area contributed by atoms with E-state index in [9.17, 15) is 4.79 Å². The van der Waals surface area contributed by atoms with Crippen molar-refractivity contribution in [2.45, 2.75) is 115 Å². The molecule has 1 fully saturated rings. The van der Waals surface area contributed by atoms with Crippen molar-refractivity contribution in [1.29, 1.82) is 0 Å². The molecule has 4 heteroatoms. The standard InChI is InChI=1S/C19H38O2SSi/c1-6-7-8-9-10-11-13-17(21-23(5)14-12-15-23)16-18(20)22-19(2,3)4/h17H,6-16H2,1-5H3/t17-/m0/s1. The molecule has 0 amide bonds. The number of carbonyl (C=O) groups is 1. The molecule has 136 valence electrons. The third-order valence-corrected chi connectivity index (χ3v) is 9.29. The van der Waals surface area contributed by atoms with Gasteiger partial charge in [0, 0.05) is 11.2 Å². The average Bonchev–Trinajstić information content (AvgIpc) is 2.38. The van der Waals surface area contributed by atoms with Crippen molar-refractivity contribution in [1.82, 2.24) is 0 Å². The second-order valence-electron chi connectivity index (χ2n) is 8.39. The predicted molar refractivity (Wildman–Crippen MR) is 106 cm³/mol. The third-order valence-electron chi connectivity index (χ3n) is 4.56. The van der Waals surface area contributed by atoms with Crippen LogP contribution in [0.4, 0.5) is 0 Å². The van der Waals surface area contributed by atoms with Gasteiger partial charge in [-0.25, -0.2) is 0 Å². The molecular formula is C19H38O2SSi. The van der Waals surface area contributed by atoms with E-state index in [1.165, 1.54) is 68.8 Å². The molecule has 0 bridgehead atoms. The van der Waals surface area contributed by atoms with E-state index in [0.717, 1.165) is 6.42 Å². The molecule has 0 aromatic heterocycles. The minimum absolute atomic E-state index is 0.0135. The summed E-state index contributed by atoms with van der Waals surface area (Å²) in [5.74, 6) is 0. The summed E-state index contributed by atoms with van der Waals surface area (Å²) >= 11 is 1.48. The molecule has 1 aliphatic rings. The van der Waals surface area contributed by atoms with Gasteiger partial charge in [-0.3, -0.25) is 4.79 Å². The first kappa shape index (κ1) is 21.2. The zero-order chi connectivity index (χ0) is 17.3. The lowest BCUT2D eigenvalue weighted by Gasteiger charge is -2.39. The third kappa shape index (κ3) is 9.93. The molecule has 1 saturated heterocycles. The van der Waals surface area contributed by atoms with Crippen molar-refractivity contribution in [3.8, 4) is 0 Å². The molecule has 23 heavy (non-hydrogen) atoms. The molecule has 0 saturated carbocycles. The van der Waals surface area contributed by atoms with E-state index in [4.69, 9.17) is 4.43 Å². The normalized spacial score (nSPS) is 18.5. The molecule has 0 aliphatic carbocycles. The Bertz CT molecular complexity index is 348. The lowest BCUT2D eigenvalue weighted by molar-refractivity contribution is -0.112. The van der Waals surface area contributed by atoms with Crippen LogP contribution >= 0.6 is 11.8 Å². The predicted octanol–water partition coefficient (Wildman–Crippen LogP) is 6.55. The Kier molecular flexibility index (Phi) is 9.46. The van der Waals surface area contributed by atoms with E-state index >= 15 is 0 Å². The van der Waals surface area contributed by atoms with Gasteiger partial charge in [0.15, 0.2) is 13.4 Å². The topological polar surface area (TPSA) is 26.3 Å². The molecule has 0 N–H and O–H groups in total. The summed E-state index contributed by atoms with van der Waals surface area (Å²) < 4.78 is 6.50. The Hall–Kier alpha value is 0.197. The van der Waals surface area contributed by atoms with Crippen LogP contribution in [0.5, 0.6) is 0 Å². The van der Waals surface area contributed by atoms with Gasteiger partial charge in [0.05, 0.1) is 6.10 Å². The van der Waals surface area contributed by atoms with Crippen LogP contribution in [-0.2, 0) is 9.22 Å². The van der Waals surface area contributed by atoms with Gasteiger partial charge in [-0.15, -0.1) is 0 Å². The van der Waals surface area contributed by atoms with Crippen LogP contribution in [0.25, 0.3) is 0 Å². The van der Waals surface area contributed by atoms with Crippen molar-refractivity contribution >= 4 is 25.2 Å². The molecule has 0 radical (unpaired) electrons. The first-order chi connectivity index (χ1) is 10.7. The van der Waals surface area contributed by atoms with Crippen molar-refractivity contribution in [2.24, 2.45) is 0 Å². The number of thioether (sulfide) groups is 1. The molecule has 1 rings (SSSR count). The van der Waals surface area contributed by atoms with Crippen LogP contribution in [0.15, 0.2) is 0 Å². The van der Waals surface area contributed by atoms with Crippen molar-refractivity contribution < 1.29 is 9.22 Å². The average molecular weight is 359 g/mol. The molecule has 1 atom stereocenters. The van der Waals surface area contributed by atoms with Crippen molar-refractivity contribution in [3.05, 3.63) is 0 Å². The molecule has 0 unspecified atom stereocenters. The minimum Gasteiger partial charge on any atom is -0.414 e. The maximum absolute atomic E-state index is 12.3. The zero-order valence-corrected chi connectivity index (χ0v) is 17.9. The Morgan fingerprint density at radius 2 is 1.74 bits per heavy atom. The van der Waals surface area contributed by atoms with Gasteiger partial charge < -0.3 is 4.43 Å². The Labute approximate surface area is 149 Å². The highest BCUT2D eigenvalue weighted by Gasteiger charge is 2.39. The first-order valence-corrected chi connectivity index (χ1v) is 13.3. The second-order valence-corrected chi connectivity index (χ2v) is 14.4. The van der Waals surface area contributed by atoms with E-state index in [0.29, 0.717) is 11.5 Å². The molecule has 2 nitrogen and oxygen atoms in total. The number of hydrogen-bond donors (Lipinski definition) is 0. The van der Waals surface area contributed by atoms with E-state index in [-0.39, 0.29) is 10.9 Å². The highest BCUT2D eigenvalue weighted by molar-refractivity contribution is 8.14. The maximum Gasteiger partial charge on any atom is 0.191 e. The highest BCUT2D eigenvalue weighted by atomic mass is 32.2. The number of rotatable bonds is 11. The second kappa shape index (κ2) is 10.2. The molecular weight excluding hydrogens is 320 g/mol. The number of carbonyl (C=O) groups excluding carboxylic acids is 1. The monoisotopic (exact) mass is 358 g/mol. The maximum atomic E-state index is 12.3. The molecule has 1 aliphatic heterocycles. The molecule has 1 heterocycles. The Morgan fingerprint density at radius 1 is 1.13 bits per heavy atom. The van der Waals surface area contributed by atoms with Gasteiger partial charge >= 0.3 is 0 Å². The van der Waals surface area contributed by atoms with Crippen molar-refractivity contribution in [3.63, 3.8) is 0 Å². The summed E-state index contributed by atoms with van der Waals surface area (Å²) in [4.78, 5) is 12.3. The fourth-order valence-electron chi connectivity index (χ4n) is 3.12. The minimum atomic E-state index is -1.43. The molecule has 0 aromatic rings. The summed E-state index contributed by atoms with van der Waals surface area (Å²) in [5, 5.41) is 0.311. The van der Waals surface area contributed by atoms with Gasteiger partial charge in [0.1, 0.15) is 0 Å². The summed E-state index contributed by atoms with van der Waals surface area (Å²) in [6.45, 7) is 10.9. The molecule has 0 spiro atoms. The number of unbranched alkanes of at least 4 members (excludes halogenated alkanes) is 5. The fourth-order valence-corrected chi connectivity index (χ4v) is 6.66. The van der Waals surface area contributed by atoms with E-state index in [1.807, 2.05) is 0 Å². The summed E-state index contributed by atoms with van der Waals surface area (Å²) in [6, 6.07) is 2.58. The number of hydrogen-bond acceptors (Lipinski definition) is 3. The first-order valence-electron chi connectivity index (χ1n) is 9.64. The van der Waals surface area contributed by atoms with Crippen LogP contribution in [-0.4, -0.2) is 24.3 Å². The van der Waals surface area contributed by atoms with Gasteiger partial charge in [0.25, 0.3) is 0 Å². The SMILES string of the molecule is CCCCCCCC[C@@H](CC(=O)SC(C)(C)C)O[Si]1(C)CCC1. The smallest absolute Gasteiger partial charge is 0.191 e. The van der Waals surface area contributed by atoms with E-state index in [1.54, 1.807) is 0 Å². The van der Waals surface area contributed by atoms with E-state index < -0.39 is 8.32 Å². The van der Waals surface area contributed by atoms with Crippen LogP contribution in [0.3, 0.4) is 0 Å². The van der Waals surface area contributed by atoms with Gasteiger partial charge in [-0.05, 0) is 25.1 Å². The van der Waals surface area contributed by atoms with Gasteiger partial charge in [0.2, 0.25) is 0 Å². The molecule has 0 aromatic carbocycles. The largest absolute Gasteiger partial charge is 0.414 e. The zero-order valence-electron chi connectivity index (χ0n) is 16.1. The quantitative estimate of drug-likeness (QED) is 0.309. The van der Waals surface area contributed by atoms with Crippen LogP contribution in [0, 0.1) is 0 Å². The summed E-state index contributed by atoms with van der Waals surface area (Å²) in [7, 11) is -1.43. The lowest BCUT2D eigenvalue weighted by Crippen LogP contribution is -2.45. The van der Waals surface area contributed by atoms with Crippen molar-refractivity contribution in [2.75, 3.05) is 0 Å².